The maximum atomic E-state index is 12.9. The molecule has 8 nitrogen and oxygen atoms in total. The van der Waals surface area contributed by atoms with Gasteiger partial charge in [-0.3, -0.25) is 9.69 Å². The molecule has 0 spiro atoms. The predicted octanol–water partition coefficient (Wildman–Crippen LogP) is 5.12. The van der Waals surface area contributed by atoms with Crippen LogP contribution in [0, 0.1) is 0 Å². The van der Waals surface area contributed by atoms with Crippen LogP contribution in [-0.2, 0) is 9.53 Å². The number of methoxy groups -OCH3 is 2. The molecular weight excluding hydrogens is 492 g/mol. The van der Waals surface area contributed by atoms with E-state index in [1.807, 2.05) is 76.6 Å². The zero-order valence-electron chi connectivity index (χ0n) is 21.1. The lowest BCUT2D eigenvalue weighted by atomic mass is 10.1. The first-order chi connectivity index (χ1) is 18.0. The molecule has 1 fully saturated rings. The summed E-state index contributed by atoms with van der Waals surface area (Å²) in [5.41, 5.74) is 3.42. The van der Waals surface area contributed by atoms with Crippen LogP contribution >= 0.6 is 11.6 Å². The molecule has 0 aromatic heterocycles. The molecule has 2 aliphatic rings. The van der Waals surface area contributed by atoms with Crippen LogP contribution in [0.1, 0.15) is 18.7 Å². The van der Waals surface area contributed by atoms with Crippen molar-refractivity contribution in [1.29, 1.82) is 0 Å². The molecule has 2 aliphatic heterocycles. The molecule has 0 radical (unpaired) electrons. The number of anilines is 3. The number of para-hydroxylation sites is 1. The highest BCUT2D eigenvalue weighted by atomic mass is 35.5. The van der Waals surface area contributed by atoms with Gasteiger partial charge < -0.3 is 19.1 Å². The minimum absolute atomic E-state index is 0.155. The van der Waals surface area contributed by atoms with Crippen LogP contribution in [0.25, 0.3) is 0 Å². The minimum Gasteiger partial charge on any atom is -0.493 e. The number of ketones is 1. The van der Waals surface area contributed by atoms with E-state index in [1.165, 1.54) is 6.92 Å². The summed E-state index contributed by atoms with van der Waals surface area (Å²) in [7, 11) is 3.20. The summed E-state index contributed by atoms with van der Waals surface area (Å²) in [6.07, 6.45) is -0.466. The number of halogens is 1. The molecule has 0 N–H and O–H groups in total. The van der Waals surface area contributed by atoms with Crippen LogP contribution < -0.4 is 24.3 Å². The predicted molar refractivity (Wildman–Crippen MR) is 146 cm³/mol. The molecule has 3 aromatic rings. The first-order valence-electron chi connectivity index (χ1n) is 12.1. The third-order valence-electron chi connectivity index (χ3n) is 6.51. The number of benzene rings is 3. The van der Waals surface area contributed by atoms with Gasteiger partial charge in [0.1, 0.15) is 0 Å². The molecule has 0 unspecified atom stereocenters. The number of Topliss-reactive ketones (excluding diaryl/α,β-unsaturated/α-hetero) is 1. The Morgan fingerprint density at radius 2 is 1.68 bits per heavy atom. The van der Waals surface area contributed by atoms with Crippen LogP contribution in [0.15, 0.2) is 71.8 Å². The van der Waals surface area contributed by atoms with Crippen LogP contribution in [0.4, 0.5) is 17.1 Å². The molecule has 9 heteroatoms. The van der Waals surface area contributed by atoms with Crippen molar-refractivity contribution >= 4 is 40.3 Å². The molecular formula is C28H29ClN4O4. The van der Waals surface area contributed by atoms with Gasteiger partial charge in [0.2, 0.25) is 0 Å². The normalized spacial score (nSPS) is 17.6. The Morgan fingerprint density at radius 1 is 0.946 bits per heavy atom. The highest BCUT2D eigenvalue weighted by Gasteiger charge is 2.40. The molecule has 0 bridgehead atoms. The Morgan fingerprint density at radius 3 is 2.32 bits per heavy atom. The number of carbonyl (C=O) groups excluding carboxylic acids is 1. The second-order valence-electron chi connectivity index (χ2n) is 8.75. The summed E-state index contributed by atoms with van der Waals surface area (Å²) < 4.78 is 16.5. The minimum atomic E-state index is -0.466. The molecule has 37 heavy (non-hydrogen) atoms. The maximum Gasteiger partial charge on any atom is 0.198 e. The van der Waals surface area contributed by atoms with E-state index in [1.54, 1.807) is 14.2 Å². The Balaban J connectivity index is 1.63. The fraction of sp³-hybridized carbons (Fsp3) is 0.286. The smallest absolute Gasteiger partial charge is 0.198 e. The molecule has 1 saturated heterocycles. The van der Waals surface area contributed by atoms with Crippen molar-refractivity contribution < 1.29 is 19.0 Å². The van der Waals surface area contributed by atoms with E-state index in [0.29, 0.717) is 35.6 Å². The van der Waals surface area contributed by atoms with E-state index < -0.39 is 6.17 Å². The summed E-state index contributed by atoms with van der Waals surface area (Å²) in [5, 5.41) is 7.25. The third kappa shape index (κ3) is 4.82. The van der Waals surface area contributed by atoms with Crippen molar-refractivity contribution in [3.05, 3.63) is 77.3 Å². The van der Waals surface area contributed by atoms with E-state index in [0.717, 1.165) is 35.7 Å². The van der Waals surface area contributed by atoms with E-state index in [2.05, 4.69) is 4.90 Å². The van der Waals surface area contributed by atoms with Crippen molar-refractivity contribution in [2.75, 3.05) is 55.3 Å². The summed E-state index contributed by atoms with van der Waals surface area (Å²) >= 11 is 6.82. The fourth-order valence-electron chi connectivity index (χ4n) is 4.72. The lowest BCUT2D eigenvalue weighted by Gasteiger charge is -2.33. The molecule has 5 rings (SSSR count). The molecule has 0 saturated carbocycles. The number of ether oxygens (including phenoxy) is 3. The molecule has 0 aliphatic carbocycles. The highest BCUT2D eigenvalue weighted by molar-refractivity contribution is 6.44. The quantitative estimate of drug-likeness (QED) is 0.428. The summed E-state index contributed by atoms with van der Waals surface area (Å²) in [5.74, 6) is 1.37. The van der Waals surface area contributed by atoms with E-state index in [9.17, 15) is 4.79 Å². The van der Waals surface area contributed by atoms with E-state index in [-0.39, 0.29) is 5.78 Å². The zero-order valence-corrected chi connectivity index (χ0v) is 21.8. The summed E-state index contributed by atoms with van der Waals surface area (Å²) in [6.45, 7) is 4.41. The van der Waals surface area contributed by atoms with Gasteiger partial charge in [0.15, 0.2) is 29.3 Å². The second-order valence-corrected chi connectivity index (χ2v) is 9.16. The van der Waals surface area contributed by atoms with Crippen LogP contribution in [-0.4, -0.2) is 52.1 Å². The number of carbonyl (C=O) groups is 1. The highest BCUT2D eigenvalue weighted by Crippen LogP contribution is 2.43. The number of morpholine rings is 1. The zero-order chi connectivity index (χ0) is 25.9. The fourth-order valence-corrected chi connectivity index (χ4v) is 5.02. The number of hydrogen-bond acceptors (Lipinski definition) is 8. The van der Waals surface area contributed by atoms with Gasteiger partial charge in [-0.15, -0.1) is 5.10 Å². The average molecular weight is 521 g/mol. The topological polar surface area (TPSA) is 66.8 Å². The van der Waals surface area contributed by atoms with Gasteiger partial charge in [0, 0.05) is 31.3 Å². The SMILES string of the molecule is COc1ccc([C@@H]2N(c3ccccc3)N=C(C(C)=O)N2c2ccc(N3CCOCC3)c(Cl)c2)cc1OC. The van der Waals surface area contributed by atoms with Crippen molar-refractivity contribution in [1.82, 2.24) is 0 Å². The Kier molecular flexibility index (Phi) is 7.21. The summed E-state index contributed by atoms with van der Waals surface area (Å²) in [6, 6.07) is 21.4. The third-order valence-corrected chi connectivity index (χ3v) is 6.81. The second kappa shape index (κ2) is 10.7. The number of nitrogens with zero attached hydrogens (tertiary/aromatic N) is 4. The molecule has 3 aromatic carbocycles. The molecule has 2 heterocycles. The number of hydrazone groups is 1. The van der Waals surface area contributed by atoms with Gasteiger partial charge in [-0.05, 0) is 42.5 Å². The Bertz CT molecular complexity index is 1310. The first kappa shape index (κ1) is 24.9. The average Bonchev–Trinajstić information content (AvgIpc) is 3.35. The van der Waals surface area contributed by atoms with Crippen molar-refractivity contribution in [3.8, 4) is 11.5 Å². The first-order valence-corrected chi connectivity index (χ1v) is 12.5. The molecule has 192 valence electrons. The van der Waals surface area contributed by atoms with Gasteiger partial charge in [0.05, 0.1) is 43.8 Å². The Labute approximate surface area is 221 Å². The number of rotatable bonds is 7. The summed E-state index contributed by atoms with van der Waals surface area (Å²) in [4.78, 5) is 17.0. The van der Waals surface area contributed by atoms with Crippen molar-refractivity contribution in [2.24, 2.45) is 5.10 Å². The number of amidine groups is 1. The largest absolute Gasteiger partial charge is 0.493 e. The van der Waals surface area contributed by atoms with Crippen molar-refractivity contribution in [2.45, 2.75) is 13.1 Å². The molecule has 0 amide bonds. The van der Waals surface area contributed by atoms with Crippen LogP contribution in [0.2, 0.25) is 5.02 Å². The maximum absolute atomic E-state index is 12.9. The van der Waals surface area contributed by atoms with Gasteiger partial charge >= 0.3 is 0 Å². The lowest BCUT2D eigenvalue weighted by Crippen LogP contribution is -2.38. The lowest BCUT2D eigenvalue weighted by molar-refractivity contribution is -0.111. The monoisotopic (exact) mass is 520 g/mol. The van der Waals surface area contributed by atoms with Crippen LogP contribution in [0.3, 0.4) is 0 Å². The van der Waals surface area contributed by atoms with E-state index >= 15 is 0 Å². The molecule has 1 atom stereocenters. The van der Waals surface area contributed by atoms with Gasteiger partial charge in [-0.25, -0.2) is 5.01 Å². The number of hydrogen-bond donors (Lipinski definition) is 0. The standard InChI is InChI=1S/C28H29ClN4O4/c1-19(34)27-30-33(21-7-5-4-6-8-21)28(20-9-12-25(35-2)26(17-20)36-3)32(27)22-10-11-24(23(29)18-22)31-13-15-37-16-14-31/h4-12,17-18,28H,13-16H2,1-3H3/t28-/m0/s1. The van der Waals surface area contributed by atoms with Crippen molar-refractivity contribution in [3.63, 3.8) is 0 Å². The van der Waals surface area contributed by atoms with Gasteiger partial charge in [0.25, 0.3) is 0 Å². The van der Waals surface area contributed by atoms with E-state index in [4.69, 9.17) is 30.9 Å². The van der Waals surface area contributed by atoms with Gasteiger partial charge in [-0.2, -0.15) is 0 Å². The van der Waals surface area contributed by atoms with Gasteiger partial charge in [-0.1, -0.05) is 35.9 Å². The Hall–Kier alpha value is -3.75. The van der Waals surface area contributed by atoms with Crippen LogP contribution in [0.5, 0.6) is 11.5 Å².